The van der Waals surface area contributed by atoms with E-state index < -0.39 is 29.6 Å². The Labute approximate surface area is 237 Å². The van der Waals surface area contributed by atoms with Gasteiger partial charge in [-0.15, -0.1) is 5.10 Å². The van der Waals surface area contributed by atoms with Crippen LogP contribution < -0.4 is 10.4 Å². The maximum absolute atomic E-state index is 11.9. The van der Waals surface area contributed by atoms with Crippen LogP contribution in [-0.4, -0.2) is 45.6 Å². The minimum atomic E-state index is -0.807. The Kier molecular flexibility index (Phi) is 6.70. The summed E-state index contributed by atoms with van der Waals surface area (Å²) in [4.78, 5) is 24.0. The van der Waals surface area contributed by atoms with E-state index in [1.54, 1.807) is 10.7 Å². The Hall–Kier alpha value is -2.83. The lowest BCUT2D eigenvalue weighted by Gasteiger charge is -2.60. The van der Waals surface area contributed by atoms with Gasteiger partial charge in [-0.2, -0.15) is 0 Å². The van der Waals surface area contributed by atoms with Crippen molar-refractivity contribution in [3.8, 4) is 5.75 Å². The molecule has 4 aliphatic heterocycles. The Bertz CT molecular complexity index is 1490. The van der Waals surface area contributed by atoms with Crippen molar-refractivity contribution in [2.45, 2.75) is 90.5 Å². The molecule has 220 valence electrons. The molecule has 2 bridgehead atoms. The number of fused-ring (bicyclic) bond motifs is 3. The summed E-state index contributed by atoms with van der Waals surface area (Å²) in [7, 11) is 0. The summed E-state index contributed by atoms with van der Waals surface area (Å²) >= 11 is 0. The number of nitrogens with zero attached hydrogens (tertiary/aromatic N) is 3. The van der Waals surface area contributed by atoms with E-state index in [0.717, 1.165) is 36.6 Å². The van der Waals surface area contributed by atoms with Crippen LogP contribution in [0.4, 0.5) is 0 Å². The lowest BCUT2D eigenvalue weighted by Crippen LogP contribution is -2.70. The highest BCUT2D eigenvalue weighted by Gasteiger charge is 2.69. The van der Waals surface area contributed by atoms with Crippen molar-refractivity contribution in [3.63, 3.8) is 0 Å². The number of aryl methyl sites for hydroxylation is 1. The second-order valence-electron chi connectivity index (χ2n) is 12.3. The molecule has 11 heteroatoms. The van der Waals surface area contributed by atoms with Gasteiger partial charge in [-0.25, -0.2) is 19.3 Å². The molecule has 41 heavy (non-hydrogen) atoms. The van der Waals surface area contributed by atoms with Gasteiger partial charge in [-0.1, -0.05) is 31.2 Å². The zero-order valence-corrected chi connectivity index (χ0v) is 23.9. The van der Waals surface area contributed by atoms with Gasteiger partial charge in [0.25, 0.3) is 0 Å². The number of aromatic nitrogens is 3. The summed E-state index contributed by atoms with van der Waals surface area (Å²) in [6.45, 7) is 9.37. The molecule has 6 heterocycles. The van der Waals surface area contributed by atoms with Crippen LogP contribution in [0.2, 0.25) is 0 Å². The van der Waals surface area contributed by atoms with Crippen molar-refractivity contribution in [1.82, 2.24) is 15.0 Å². The molecule has 11 nitrogen and oxygen atoms in total. The third-order valence-electron chi connectivity index (χ3n) is 9.60. The first-order chi connectivity index (χ1) is 19.8. The first-order valence-electron chi connectivity index (χ1n) is 14.6. The number of benzene rings is 1. The van der Waals surface area contributed by atoms with Crippen LogP contribution in [0, 0.1) is 30.6 Å². The molecule has 8 atom stereocenters. The Balaban J connectivity index is 0.985. The first kappa shape index (κ1) is 27.0. The summed E-state index contributed by atoms with van der Waals surface area (Å²) < 4.78 is 32.3. The van der Waals surface area contributed by atoms with E-state index in [0.29, 0.717) is 42.0 Å². The van der Waals surface area contributed by atoms with Gasteiger partial charge in [0, 0.05) is 29.7 Å². The number of hydrogen-bond donors (Lipinski definition) is 0. The van der Waals surface area contributed by atoms with E-state index in [9.17, 15) is 4.79 Å². The molecule has 2 aromatic heterocycles. The van der Waals surface area contributed by atoms with Gasteiger partial charge >= 0.3 is 5.63 Å². The van der Waals surface area contributed by atoms with Crippen molar-refractivity contribution in [3.05, 3.63) is 52.1 Å². The van der Waals surface area contributed by atoms with Gasteiger partial charge in [0.1, 0.15) is 12.3 Å². The number of para-hydroxylation sites is 1. The summed E-state index contributed by atoms with van der Waals surface area (Å²) in [5.41, 5.74) is 0.910. The molecule has 1 spiro atoms. The maximum Gasteiger partial charge on any atom is 0.336 e. The second-order valence-corrected chi connectivity index (χ2v) is 12.3. The molecular formula is C30H37N3O8. The predicted octanol–water partition coefficient (Wildman–Crippen LogP) is 4.50. The van der Waals surface area contributed by atoms with Gasteiger partial charge in [-0.05, 0) is 56.6 Å². The smallest absolute Gasteiger partial charge is 0.336 e. The average molecular weight is 568 g/mol. The largest absolute Gasteiger partial charge is 0.483 e. The second kappa shape index (κ2) is 10.2. The fraction of sp³-hybridized carbons (Fsp3) is 0.633. The molecule has 0 N–H and O–H groups in total. The molecule has 8 rings (SSSR count). The molecule has 3 aromatic rings. The van der Waals surface area contributed by atoms with Crippen LogP contribution in [0.3, 0.4) is 0 Å². The fourth-order valence-electron chi connectivity index (χ4n) is 7.42. The SMILES string of the molecule is Cc1cc(=O)oc2c(OCc3cn(CCO[C@@H]4O[C@@H]5O[C@@]6(C)CC[C@H]7[C@H](C)CC[C@@H]([C@H]4C)[C@@]57OO6)nn3)cccc12. The zero-order chi connectivity index (χ0) is 28.4. The van der Waals surface area contributed by atoms with Gasteiger partial charge in [0.05, 0.1) is 19.3 Å². The quantitative estimate of drug-likeness (QED) is 0.298. The maximum atomic E-state index is 11.9. The molecule has 4 saturated heterocycles. The van der Waals surface area contributed by atoms with Crippen molar-refractivity contribution >= 4 is 11.0 Å². The molecule has 5 aliphatic rings. The van der Waals surface area contributed by atoms with Crippen LogP contribution in [0.1, 0.15) is 57.7 Å². The molecule has 1 saturated carbocycles. The summed E-state index contributed by atoms with van der Waals surface area (Å²) in [5, 5.41) is 9.29. The van der Waals surface area contributed by atoms with Gasteiger partial charge in [0.2, 0.25) is 5.79 Å². The van der Waals surface area contributed by atoms with Crippen molar-refractivity contribution in [2.24, 2.45) is 23.7 Å². The van der Waals surface area contributed by atoms with Crippen LogP contribution >= 0.6 is 0 Å². The van der Waals surface area contributed by atoms with Gasteiger partial charge < -0.3 is 23.4 Å². The minimum absolute atomic E-state index is 0.111. The van der Waals surface area contributed by atoms with E-state index in [1.807, 2.05) is 32.2 Å². The highest BCUT2D eigenvalue weighted by atomic mass is 17.3. The lowest BCUT2D eigenvalue weighted by atomic mass is 9.58. The first-order valence-corrected chi connectivity index (χ1v) is 14.6. The van der Waals surface area contributed by atoms with E-state index in [4.69, 9.17) is 33.1 Å². The molecule has 0 unspecified atom stereocenters. The molecule has 1 aliphatic carbocycles. The van der Waals surface area contributed by atoms with Gasteiger partial charge in [-0.3, -0.25) is 0 Å². The fourth-order valence-corrected chi connectivity index (χ4v) is 7.42. The molecular weight excluding hydrogens is 530 g/mol. The standard InChI is InChI=1S/C30H37N3O8/c1-17-8-9-23-19(3)27(38-28-30(23)22(17)10-11-29(4,39-28)40-41-30)35-13-12-33-15-20(31-32-33)16-36-24-7-5-6-21-18(2)14-25(34)37-26(21)24/h5-7,14-15,17,19,22-23,27-28H,8-13,16H2,1-4H3/t17-,19-,22+,23+,27-,28-,29-,30-/m1/s1. The van der Waals surface area contributed by atoms with E-state index in [-0.39, 0.29) is 18.4 Å². The summed E-state index contributed by atoms with van der Waals surface area (Å²) in [6.07, 6.45) is 4.82. The lowest BCUT2D eigenvalue weighted by molar-refractivity contribution is -0.577. The highest BCUT2D eigenvalue weighted by Crippen LogP contribution is 2.60. The Morgan fingerprint density at radius 3 is 2.90 bits per heavy atom. The van der Waals surface area contributed by atoms with Gasteiger partial charge in [0.15, 0.2) is 29.5 Å². The van der Waals surface area contributed by atoms with Crippen molar-refractivity contribution in [2.75, 3.05) is 6.61 Å². The zero-order valence-electron chi connectivity index (χ0n) is 23.9. The van der Waals surface area contributed by atoms with E-state index in [1.165, 1.54) is 6.07 Å². The normalized spacial score (nSPS) is 36.2. The van der Waals surface area contributed by atoms with Crippen LogP contribution in [0.25, 0.3) is 11.0 Å². The van der Waals surface area contributed by atoms with E-state index in [2.05, 4.69) is 24.2 Å². The van der Waals surface area contributed by atoms with E-state index >= 15 is 0 Å². The molecule has 5 fully saturated rings. The third kappa shape index (κ3) is 4.58. The number of rotatable bonds is 7. The van der Waals surface area contributed by atoms with Crippen molar-refractivity contribution in [1.29, 1.82) is 0 Å². The predicted molar refractivity (Wildman–Crippen MR) is 144 cm³/mol. The summed E-state index contributed by atoms with van der Waals surface area (Å²) in [5.74, 6) is 0.844. The molecule has 1 aromatic carbocycles. The monoisotopic (exact) mass is 567 g/mol. The molecule has 0 radical (unpaired) electrons. The Morgan fingerprint density at radius 1 is 1.15 bits per heavy atom. The van der Waals surface area contributed by atoms with Crippen LogP contribution in [-0.2, 0) is 37.1 Å². The van der Waals surface area contributed by atoms with Crippen LogP contribution in [0.15, 0.2) is 39.7 Å². The topological polar surface area (TPSA) is 116 Å². The average Bonchev–Trinajstić information content (AvgIpc) is 3.28. The summed E-state index contributed by atoms with van der Waals surface area (Å²) in [6, 6.07) is 7.01. The minimum Gasteiger partial charge on any atom is -0.483 e. The van der Waals surface area contributed by atoms with Crippen LogP contribution in [0.5, 0.6) is 5.75 Å². The highest BCUT2D eigenvalue weighted by molar-refractivity contribution is 5.85. The van der Waals surface area contributed by atoms with Crippen molar-refractivity contribution < 1.29 is 33.1 Å². The molecule has 0 amide bonds. The Morgan fingerprint density at radius 2 is 2.02 bits per heavy atom. The number of ether oxygens (including phenoxy) is 4. The third-order valence-corrected chi connectivity index (χ3v) is 9.60. The number of hydrogen-bond acceptors (Lipinski definition) is 10.